The van der Waals surface area contributed by atoms with E-state index >= 15 is 0 Å². The van der Waals surface area contributed by atoms with Crippen molar-refractivity contribution in [3.8, 4) is 0 Å². The summed E-state index contributed by atoms with van der Waals surface area (Å²) < 4.78 is 24.1. The van der Waals surface area contributed by atoms with Crippen LogP contribution >= 0.6 is 0 Å². The quantitative estimate of drug-likeness (QED) is 0.646. The van der Waals surface area contributed by atoms with E-state index in [1.54, 1.807) is 12.1 Å². The van der Waals surface area contributed by atoms with Gasteiger partial charge in [-0.1, -0.05) is 35.9 Å². The van der Waals surface area contributed by atoms with Crippen LogP contribution in [-0.2, 0) is 0 Å². The van der Waals surface area contributed by atoms with E-state index in [0.29, 0.717) is 5.56 Å². The van der Waals surface area contributed by atoms with E-state index in [1.165, 1.54) is 5.56 Å². The molecule has 0 atom stereocenters. The molecule has 76 valence electrons. The van der Waals surface area contributed by atoms with Crippen LogP contribution in [0, 0.1) is 6.92 Å². The molecule has 0 aliphatic rings. The van der Waals surface area contributed by atoms with E-state index < -0.39 is 6.08 Å². The predicted octanol–water partition coefficient (Wildman–Crippen LogP) is 4.39. The summed E-state index contributed by atoms with van der Waals surface area (Å²) in [4.78, 5) is 0. The van der Waals surface area contributed by atoms with Crippen molar-refractivity contribution in [3.63, 3.8) is 0 Å². The molecule has 0 fully saturated rings. The van der Waals surface area contributed by atoms with Crippen molar-refractivity contribution in [3.05, 3.63) is 53.6 Å². The lowest BCUT2D eigenvalue weighted by Gasteiger charge is -2.00. The van der Waals surface area contributed by atoms with Crippen LogP contribution in [-0.4, -0.2) is 0 Å². The van der Waals surface area contributed by atoms with Gasteiger partial charge >= 0.3 is 0 Å². The maximum absolute atomic E-state index is 12.0. The van der Waals surface area contributed by atoms with Crippen molar-refractivity contribution in [1.82, 2.24) is 0 Å². The average Bonchev–Trinajstić information content (AvgIpc) is 2.17. The summed E-state index contributed by atoms with van der Waals surface area (Å²) in [6, 6.07) is 11.3. The van der Waals surface area contributed by atoms with Gasteiger partial charge in [-0.2, -0.15) is 8.78 Å². The Labute approximate surface area is 86.8 Å². The average molecular weight is 204 g/mol. The van der Waals surface area contributed by atoms with Crippen molar-refractivity contribution in [2.45, 2.75) is 6.92 Å². The zero-order chi connectivity index (χ0) is 10.8. The van der Waals surface area contributed by atoms with Gasteiger partial charge in [0.1, 0.15) is 0 Å². The monoisotopic (exact) mass is 204 g/mol. The minimum atomic E-state index is -1.67. The molecule has 0 heterocycles. The Balaban J connectivity index is 2.57. The van der Waals surface area contributed by atoms with Crippen LogP contribution in [0.4, 0.5) is 8.78 Å². The molecule has 2 rings (SSSR count). The van der Waals surface area contributed by atoms with Gasteiger partial charge in [0.25, 0.3) is 6.08 Å². The highest BCUT2D eigenvalue weighted by molar-refractivity contribution is 5.85. The maximum Gasteiger partial charge on any atom is 0.270 e. The summed E-state index contributed by atoms with van der Waals surface area (Å²) in [5.41, 5.74) is 1.70. The first-order chi connectivity index (χ1) is 7.15. The van der Waals surface area contributed by atoms with Gasteiger partial charge in [-0.25, -0.2) is 0 Å². The molecule has 0 nitrogen and oxygen atoms in total. The Bertz CT molecular complexity index is 523. The highest BCUT2D eigenvalue weighted by atomic mass is 19.3. The van der Waals surface area contributed by atoms with E-state index in [0.717, 1.165) is 16.8 Å². The summed E-state index contributed by atoms with van der Waals surface area (Å²) in [7, 11) is 0. The highest BCUT2D eigenvalue weighted by Crippen LogP contribution is 2.19. The molecule has 0 aromatic heterocycles. The smallest absolute Gasteiger partial charge is 0.173 e. The van der Waals surface area contributed by atoms with Crippen LogP contribution in [0.25, 0.3) is 16.8 Å². The van der Waals surface area contributed by atoms with Crippen molar-refractivity contribution in [2.24, 2.45) is 0 Å². The van der Waals surface area contributed by atoms with Crippen LogP contribution in [0.1, 0.15) is 11.1 Å². The van der Waals surface area contributed by atoms with Crippen LogP contribution in [0.15, 0.2) is 42.5 Å². The molecule has 2 aromatic rings. The third-order valence-electron chi connectivity index (χ3n) is 2.30. The lowest BCUT2D eigenvalue weighted by Crippen LogP contribution is -1.78. The molecule has 0 saturated heterocycles. The SMILES string of the molecule is Cc1ccc2cc(C=C(F)F)ccc2c1. The molecule has 0 amide bonds. The molecule has 0 unspecified atom stereocenters. The number of aryl methyl sites for hydroxylation is 1. The van der Waals surface area contributed by atoms with Gasteiger partial charge in [0.05, 0.1) is 0 Å². The first-order valence-electron chi connectivity index (χ1n) is 4.68. The van der Waals surface area contributed by atoms with Crippen LogP contribution in [0.5, 0.6) is 0 Å². The Hall–Kier alpha value is -1.70. The topological polar surface area (TPSA) is 0 Å². The van der Waals surface area contributed by atoms with E-state index in [9.17, 15) is 8.78 Å². The zero-order valence-electron chi connectivity index (χ0n) is 8.30. The van der Waals surface area contributed by atoms with E-state index in [4.69, 9.17) is 0 Å². The van der Waals surface area contributed by atoms with E-state index in [2.05, 4.69) is 0 Å². The Kier molecular flexibility index (Phi) is 2.50. The molecule has 2 aromatic carbocycles. The number of rotatable bonds is 1. The molecule has 0 radical (unpaired) electrons. The second-order valence-corrected chi connectivity index (χ2v) is 3.54. The molecule has 15 heavy (non-hydrogen) atoms. The van der Waals surface area contributed by atoms with Crippen molar-refractivity contribution in [2.75, 3.05) is 0 Å². The van der Waals surface area contributed by atoms with Crippen molar-refractivity contribution >= 4 is 16.8 Å². The normalized spacial score (nSPS) is 10.3. The number of fused-ring (bicyclic) bond motifs is 1. The van der Waals surface area contributed by atoms with Gasteiger partial charge in [-0.15, -0.1) is 0 Å². The number of benzene rings is 2. The minimum absolute atomic E-state index is 0.534. The van der Waals surface area contributed by atoms with Gasteiger partial charge in [0.2, 0.25) is 0 Å². The molecular formula is C13H10F2. The van der Waals surface area contributed by atoms with E-state index in [1.807, 2.05) is 31.2 Å². The zero-order valence-corrected chi connectivity index (χ0v) is 8.30. The van der Waals surface area contributed by atoms with Gasteiger partial charge in [0, 0.05) is 6.08 Å². The molecule has 0 aliphatic heterocycles. The molecule has 0 saturated carbocycles. The van der Waals surface area contributed by atoms with Crippen molar-refractivity contribution in [1.29, 1.82) is 0 Å². The summed E-state index contributed by atoms with van der Waals surface area (Å²) in [5, 5.41) is 2.06. The Morgan fingerprint density at radius 1 is 1.00 bits per heavy atom. The Morgan fingerprint density at radius 2 is 1.67 bits per heavy atom. The highest BCUT2D eigenvalue weighted by Gasteiger charge is 1.96. The van der Waals surface area contributed by atoms with E-state index in [-0.39, 0.29) is 0 Å². The third-order valence-corrected chi connectivity index (χ3v) is 2.30. The molecule has 0 N–H and O–H groups in total. The third kappa shape index (κ3) is 2.21. The summed E-state index contributed by atoms with van der Waals surface area (Å²) in [5.74, 6) is 0. The summed E-state index contributed by atoms with van der Waals surface area (Å²) in [6.07, 6.45) is -0.791. The fraction of sp³-hybridized carbons (Fsp3) is 0.0769. The molecule has 0 aliphatic carbocycles. The van der Waals surface area contributed by atoms with Gasteiger partial charge in [-0.3, -0.25) is 0 Å². The second-order valence-electron chi connectivity index (χ2n) is 3.54. The molecule has 0 bridgehead atoms. The van der Waals surface area contributed by atoms with Crippen LogP contribution < -0.4 is 0 Å². The van der Waals surface area contributed by atoms with Gasteiger partial charge < -0.3 is 0 Å². The van der Waals surface area contributed by atoms with Gasteiger partial charge in [-0.05, 0) is 29.3 Å². The minimum Gasteiger partial charge on any atom is -0.173 e. The number of halogens is 2. The molecule has 2 heteroatoms. The summed E-state index contributed by atoms with van der Waals surface area (Å²) >= 11 is 0. The standard InChI is InChI=1S/C13H10F2/c1-9-2-4-12-7-10(8-13(14)15)3-5-11(12)6-9/h2-8H,1H3. The fourth-order valence-electron chi connectivity index (χ4n) is 1.60. The van der Waals surface area contributed by atoms with Crippen LogP contribution in [0.2, 0.25) is 0 Å². The van der Waals surface area contributed by atoms with Gasteiger partial charge in [0.15, 0.2) is 0 Å². The van der Waals surface area contributed by atoms with Crippen LogP contribution in [0.3, 0.4) is 0 Å². The second kappa shape index (κ2) is 3.81. The fourth-order valence-corrected chi connectivity index (χ4v) is 1.60. The largest absolute Gasteiger partial charge is 0.270 e. The molecule has 0 spiro atoms. The first kappa shape index (κ1) is 9.84. The number of hydrogen-bond donors (Lipinski definition) is 0. The van der Waals surface area contributed by atoms with Crippen molar-refractivity contribution < 1.29 is 8.78 Å². The number of hydrogen-bond acceptors (Lipinski definition) is 0. The lowest BCUT2D eigenvalue weighted by atomic mass is 10.0. The lowest BCUT2D eigenvalue weighted by molar-refractivity contribution is 0.429. The predicted molar refractivity (Wildman–Crippen MR) is 58.9 cm³/mol. The Morgan fingerprint density at radius 3 is 2.40 bits per heavy atom. The first-order valence-corrected chi connectivity index (χ1v) is 4.68. The maximum atomic E-state index is 12.0. The summed E-state index contributed by atoms with van der Waals surface area (Å²) in [6.45, 7) is 2.01. The molecular weight excluding hydrogens is 194 g/mol.